The van der Waals surface area contributed by atoms with Crippen LogP contribution in [0.1, 0.15) is 61.0 Å². The summed E-state index contributed by atoms with van der Waals surface area (Å²) in [6.45, 7) is 17.5. The van der Waals surface area contributed by atoms with Crippen molar-refractivity contribution >= 4 is 42.0 Å². The van der Waals surface area contributed by atoms with E-state index >= 15 is 0 Å². The van der Waals surface area contributed by atoms with E-state index in [0.29, 0.717) is 12.6 Å². The van der Waals surface area contributed by atoms with Gasteiger partial charge in [-0.3, -0.25) is 4.79 Å². The van der Waals surface area contributed by atoms with Gasteiger partial charge in [-0.1, -0.05) is 39.3 Å². The molecule has 0 radical (unpaired) electrons. The fourth-order valence-electron chi connectivity index (χ4n) is 2.14. The van der Waals surface area contributed by atoms with Gasteiger partial charge in [0, 0.05) is 11.6 Å². The zero-order valence-electron chi connectivity index (χ0n) is 23.0. The molecule has 1 aromatic carbocycles. The van der Waals surface area contributed by atoms with Gasteiger partial charge in [-0.15, -0.1) is 0 Å². The second-order valence-corrected chi connectivity index (χ2v) is 8.37. The summed E-state index contributed by atoms with van der Waals surface area (Å²) in [5.74, 6) is -1.70. The van der Waals surface area contributed by atoms with Gasteiger partial charge in [0.2, 0.25) is 0 Å². The van der Waals surface area contributed by atoms with E-state index in [-0.39, 0.29) is 6.61 Å². The summed E-state index contributed by atoms with van der Waals surface area (Å²) in [5, 5.41) is 13.4. The van der Waals surface area contributed by atoms with E-state index in [1.807, 2.05) is 73.6 Å². The maximum Gasteiger partial charge on any atom is 0.407 e. The Balaban J connectivity index is -0.000000654. The standard InChI is InChI=1S/C16H21N3O3.C5H8NO3S.2C2H6.Fm/c1-11-5-6-13-12(9-11)10-18-14(19-13)21-8-7-17-15(20)22-16(2,3)4;1-3(5(8)9)4(10)6-2-7;2*1-2;/h5-6,9-10H,7-8H2,1-4H3,(H,17,20);3-4,10H,1H3,(H,6,7)(H,8,9);2*1-2H3;/q;-1;;;. The first-order valence-electron chi connectivity index (χ1n) is 11.8. The van der Waals surface area contributed by atoms with Crippen molar-refractivity contribution in [2.45, 2.75) is 73.3 Å². The second-order valence-electron chi connectivity index (χ2n) is 7.81. The van der Waals surface area contributed by atoms with E-state index < -0.39 is 29.0 Å². The molecule has 2 aromatic rings. The zero-order valence-corrected chi connectivity index (χ0v) is 26.3. The summed E-state index contributed by atoms with van der Waals surface area (Å²) in [6.07, 6.45) is 2.62. The van der Waals surface area contributed by atoms with Crippen LogP contribution in [0.2, 0.25) is 0 Å². The third-order valence-corrected chi connectivity index (χ3v) is 4.36. The van der Waals surface area contributed by atoms with Crippen molar-refractivity contribution in [2.75, 3.05) is 13.2 Å². The van der Waals surface area contributed by atoms with E-state index in [1.165, 1.54) is 13.3 Å². The average Bonchev–Trinajstić information content (AvgIpc) is 2.83. The van der Waals surface area contributed by atoms with E-state index in [0.717, 1.165) is 16.5 Å². The number of aliphatic carboxylic acids is 1. The summed E-state index contributed by atoms with van der Waals surface area (Å²) in [5.41, 5.74) is 1.48. The van der Waals surface area contributed by atoms with E-state index in [2.05, 4.69) is 33.2 Å². The number of aryl methyl sites for hydroxylation is 1. The van der Waals surface area contributed by atoms with Gasteiger partial charge in [0.05, 0.1) is 23.4 Å². The monoisotopic (exact) mass is 782 g/mol. The molecule has 0 aliphatic heterocycles. The molecule has 2 rings (SSSR count). The number of alkyl carbamates (subject to hydrolysis) is 1. The quantitative estimate of drug-likeness (QED) is 0.101. The number of nitrogens with zero attached hydrogens (tertiary/aromatic N) is 2. The number of thiol groups is 1. The van der Waals surface area contributed by atoms with Crippen LogP contribution in [0.5, 0.6) is 6.01 Å². The van der Waals surface area contributed by atoms with Crippen molar-refractivity contribution in [2.24, 2.45) is 5.92 Å². The molecule has 12 heteroatoms. The number of carbonyl (C=O) groups excluding carboxylic acids is 2. The Morgan fingerprint density at radius 3 is 2.30 bits per heavy atom. The fourth-order valence-corrected chi connectivity index (χ4v) is 2.32. The predicted octanol–water partition coefficient (Wildman–Crippen LogP) is 4.51. The molecule has 0 bridgehead atoms. The van der Waals surface area contributed by atoms with Crippen molar-refractivity contribution in [1.29, 1.82) is 0 Å². The minimum Gasteiger partial charge on any atom is -0.520 e. The zero-order chi connectivity index (χ0) is 28.3. The first-order valence-corrected chi connectivity index (χ1v) is 12.3. The molecule has 0 saturated carbocycles. The normalized spacial score (nSPS) is 11.2. The van der Waals surface area contributed by atoms with Crippen LogP contribution in [0.15, 0.2) is 24.4 Å². The molecule has 0 saturated heterocycles. The van der Waals surface area contributed by atoms with Crippen molar-refractivity contribution < 1.29 is 29.0 Å². The molecule has 0 aliphatic rings. The Bertz CT molecular complexity index is 928. The number of carboxylic acids is 1. The third kappa shape index (κ3) is 17.1. The van der Waals surface area contributed by atoms with E-state index in [1.54, 1.807) is 6.20 Å². The topological polar surface area (TPSA) is 140 Å². The molecule has 0 spiro atoms. The second kappa shape index (κ2) is 20.1. The van der Waals surface area contributed by atoms with Crippen LogP contribution >= 0.6 is 12.6 Å². The van der Waals surface area contributed by atoms with Crippen LogP contribution in [-0.2, 0) is 14.3 Å². The maximum atomic E-state index is 11.5. The summed E-state index contributed by atoms with van der Waals surface area (Å²) < 4.78 is 10.6. The van der Waals surface area contributed by atoms with Gasteiger partial charge in [-0.05, 0) is 46.8 Å². The molecule has 2 atom stereocenters. The van der Waals surface area contributed by atoms with Gasteiger partial charge < -0.3 is 30.0 Å². The number of nitrogens with one attached hydrogen (secondary N) is 2. The van der Waals surface area contributed by atoms with Crippen molar-refractivity contribution in [1.82, 2.24) is 20.6 Å². The third-order valence-electron chi connectivity index (χ3n) is 3.78. The van der Waals surface area contributed by atoms with Crippen LogP contribution in [0.25, 0.3) is 10.9 Å². The Morgan fingerprint density at radius 1 is 1.19 bits per heavy atom. The van der Waals surface area contributed by atoms with E-state index in [9.17, 15) is 14.4 Å². The molecule has 1 heterocycles. The molecule has 2 amide bonds. The molecule has 37 heavy (non-hydrogen) atoms. The first-order chi connectivity index (χ1) is 16.9. The van der Waals surface area contributed by atoms with Gasteiger partial charge in [0.15, 0.2) is 0 Å². The number of hydrogen-bond acceptors (Lipinski definition) is 8. The van der Waals surface area contributed by atoms with Crippen LogP contribution < -0.4 is 15.4 Å². The van der Waals surface area contributed by atoms with Crippen LogP contribution in [0.3, 0.4) is 0 Å². The SMILES string of the molecule is CC.CC.CC(C(=O)O)C(S)N[C-]=O.Cc1ccc2nc(OCCNC(=O)OC(C)(C)C)ncc2c1.[Fm]. The Kier molecular flexibility index (Phi) is 20.4. The number of rotatable bonds is 8. The molecule has 2 unspecified atom stereocenters. The van der Waals surface area contributed by atoms with Crippen LogP contribution in [0.4, 0.5) is 4.79 Å². The molecule has 3 N–H and O–H groups in total. The molecule has 0 fully saturated rings. The number of hydrogen-bond donors (Lipinski definition) is 4. The predicted molar refractivity (Wildman–Crippen MR) is 145 cm³/mol. The Hall–Kier alpha value is -4.08. The summed E-state index contributed by atoms with van der Waals surface area (Å²) in [4.78, 5) is 39.8. The smallest absolute Gasteiger partial charge is 0.407 e. The Labute approximate surface area is 220 Å². The first kappa shape index (κ1) is 37.5. The van der Waals surface area contributed by atoms with Crippen molar-refractivity contribution in [3.05, 3.63) is 30.0 Å². The number of carbonyl (C=O) groups is 2. The van der Waals surface area contributed by atoms with Crippen molar-refractivity contribution in [3.63, 3.8) is 0 Å². The minimum atomic E-state index is -0.997. The maximum absolute atomic E-state index is 11.5. The van der Waals surface area contributed by atoms with Gasteiger partial charge in [-0.2, -0.15) is 24.0 Å². The number of ether oxygens (including phenoxy) is 2. The molecule has 10 nitrogen and oxygen atoms in total. The van der Waals surface area contributed by atoms with Gasteiger partial charge in [0.25, 0.3) is 0 Å². The molecular formula is C25H41FmN4O6S-. The largest absolute Gasteiger partial charge is 0.520 e. The number of fused-ring (bicyclic) bond motifs is 1. The minimum absolute atomic E-state index is 0. The Morgan fingerprint density at radius 2 is 1.78 bits per heavy atom. The molecule has 0 aliphatic carbocycles. The number of benzene rings is 1. The van der Waals surface area contributed by atoms with Gasteiger partial charge >= 0.3 is 18.1 Å². The summed E-state index contributed by atoms with van der Waals surface area (Å²) >= 11 is 3.79. The fraction of sp³-hybridized carbons (Fsp3) is 0.560. The number of carboxylic acid groups (broad SMARTS) is 1. The summed E-state index contributed by atoms with van der Waals surface area (Å²) in [6, 6.07) is 6.23. The molecule has 216 valence electrons. The van der Waals surface area contributed by atoms with Gasteiger partial charge in [-0.25, -0.2) is 9.78 Å². The van der Waals surface area contributed by atoms with Gasteiger partial charge in [0.1, 0.15) is 12.2 Å². The van der Waals surface area contributed by atoms with Crippen molar-refractivity contribution in [3.8, 4) is 6.01 Å². The van der Waals surface area contributed by atoms with E-state index in [4.69, 9.17) is 14.6 Å². The number of aromatic nitrogens is 2. The average molecular weight is 783 g/mol. The number of amides is 2. The molecular weight excluding hydrogens is 741 g/mol. The summed E-state index contributed by atoms with van der Waals surface area (Å²) in [7, 11) is 0. The van der Waals surface area contributed by atoms with Crippen LogP contribution in [-0.4, -0.2) is 57.7 Å². The molecule has 1 aromatic heterocycles. The van der Waals surface area contributed by atoms with Crippen LogP contribution in [0, 0.1) is 12.8 Å².